The number of cyclic esters (lactones) is 1. The van der Waals surface area contributed by atoms with Crippen molar-refractivity contribution >= 4 is 22.6 Å². The van der Waals surface area contributed by atoms with Gasteiger partial charge in [0.2, 0.25) is 0 Å². The molecule has 1 fully saturated rings. The molecule has 2 aliphatic rings. The molecule has 1 aliphatic heterocycles. The lowest BCUT2D eigenvalue weighted by Crippen LogP contribution is -2.41. The summed E-state index contributed by atoms with van der Waals surface area (Å²) in [5.41, 5.74) is 1.80. The Morgan fingerprint density at radius 1 is 1.14 bits per heavy atom. The minimum absolute atomic E-state index is 0.00255. The normalized spacial score (nSPS) is 24.5. The monoisotopic (exact) mass is 281 g/mol. The number of benzene rings is 2. The topological polar surface area (TPSA) is 46.6 Å². The van der Waals surface area contributed by atoms with Crippen LogP contribution in [0.5, 0.6) is 0 Å². The number of nitrogens with zero attached hydrogens (tertiary/aromatic N) is 1. The number of carbonyl (C=O) groups is 2. The molecule has 1 amide bonds. The lowest BCUT2D eigenvalue weighted by molar-refractivity contribution is 0.0857. The Labute approximate surface area is 122 Å². The third-order valence-electron chi connectivity index (χ3n) is 4.57. The van der Waals surface area contributed by atoms with Crippen LogP contribution in [0.2, 0.25) is 0 Å². The molecular formula is C17H15NO3. The van der Waals surface area contributed by atoms with Crippen molar-refractivity contribution in [2.24, 2.45) is 0 Å². The van der Waals surface area contributed by atoms with Crippen molar-refractivity contribution in [2.75, 3.05) is 13.2 Å². The van der Waals surface area contributed by atoms with E-state index in [1.807, 2.05) is 43.3 Å². The summed E-state index contributed by atoms with van der Waals surface area (Å²) in [7, 11) is 0. The van der Waals surface area contributed by atoms with E-state index in [4.69, 9.17) is 4.74 Å². The summed E-state index contributed by atoms with van der Waals surface area (Å²) >= 11 is 0. The van der Waals surface area contributed by atoms with E-state index in [2.05, 4.69) is 0 Å². The number of ether oxygens (including phenoxy) is 1. The van der Waals surface area contributed by atoms with Crippen molar-refractivity contribution in [3.05, 3.63) is 47.5 Å². The molecule has 0 spiro atoms. The van der Waals surface area contributed by atoms with Crippen LogP contribution in [-0.4, -0.2) is 36.0 Å². The Morgan fingerprint density at radius 3 is 2.71 bits per heavy atom. The maximum atomic E-state index is 12.9. The molecule has 4 heteroatoms. The van der Waals surface area contributed by atoms with Crippen molar-refractivity contribution in [2.45, 2.75) is 18.9 Å². The van der Waals surface area contributed by atoms with Crippen molar-refractivity contribution in [3.63, 3.8) is 0 Å². The fourth-order valence-corrected chi connectivity index (χ4v) is 3.56. The van der Waals surface area contributed by atoms with Crippen molar-refractivity contribution in [1.82, 2.24) is 4.90 Å². The van der Waals surface area contributed by atoms with Crippen LogP contribution in [0.1, 0.15) is 28.8 Å². The molecule has 0 aromatic heterocycles. The van der Waals surface area contributed by atoms with E-state index in [9.17, 15) is 9.59 Å². The number of hydrogen-bond acceptors (Lipinski definition) is 3. The number of amides is 1. The van der Waals surface area contributed by atoms with Gasteiger partial charge in [-0.2, -0.15) is 0 Å². The van der Waals surface area contributed by atoms with E-state index in [-0.39, 0.29) is 17.8 Å². The predicted octanol–water partition coefficient (Wildman–Crippen LogP) is 2.96. The molecule has 21 heavy (non-hydrogen) atoms. The molecule has 1 heterocycles. The summed E-state index contributed by atoms with van der Waals surface area (Å²) in [6, 6.07) is 11.5. The second-order valence-corrected chi connectivity index (χ2v) is 5.66. The van der Waals surface area contributed by atoms with Gasteiger partial charge in [-0.3, -0.25) is 9.69 Å². The maximum Gasteiger partial charge on any atom is 0.410 e. The van der Waals surface area contributed by atoms with Gasteiger partial charge in [0.15, 0.2) is 5.78 Å². The highest BCUT2D eigenvalue weighted by molar-refractivity contribution is 6.15. The lowest BCUT2D eigenvalue weighted by Gasteiger charge is -2.23. The zero-order chi connectivity index (χ0) is 14.6. The number of hydrogen-bond donors (Lipinski definition) is 0. The second-order valence-electron chi connectivity index (χ2n) is 5.66. The van der Waals surface area contributed by atoms with Crippen LogP contribution in [-0.2, 0) is 4.74 Å². The van der Waals surface area contributed by atoms with Crippen LogP contribution in [0.15, 0.2) is 36.4 Å². The van der Waals surface area contributed by atoms with E-state index in [1.165, 1.54) is 0 Å². The first-order chi connectivity index (χ1) is 10.2. The average molecular weight is 281 g/mol. The first-order valence-corrected chi connectivity index (χ1v) is 7.18. The SMILES string of the molecule is C[C@@H]1c2ccc3ccccc3c2C(=O)[C@H]1N1CCOC1=O. The molecule has 1 saturated heterocycles. The summed E-state index contributed by atoms with van der Waals surface area (Å²) < 4.78 is 5.00. The molecule has 2 aromatic rings. The van der Waals surface area contributed by atoms with Gasteiger partial charge >= 0.3 is 6.09 Å². The highest BCUT2D eigenvalue weighted by Gasteiger charge is 2.45. The highest BCUT2D eigenvalue weighted by atomic mass is 16.6. The molecule has 0 radical (unpaired) electrons. The summed E-state index contributed by atoms with van der Waals surface area (Å²) in [4.78, 5) is 26.3. The molecule has 0 saturated carbocycles. The molecule has 0 unspecified atom stereocenters. The van der Waals surface area contributed by atoms with Crippen LogP contribution in [0.4, 0.5) is 4.79 Å². The summed E-state index contributed by atoms with van der Waals surface area (Å²) in [6.07, 6.45) is -0.377. The van der Waals surface area contributed by atoms with Gasteiger partial charge in [0.05, 0.1) is 6.54 Å². The quantitative estimate of drug-likeness (QED) is 0.807. The van der Waals surface area contributed by atoms with Crippen LogP contribution in [0, 0.1) is 0 Å². The maximum absolute atomic E-state index is 12.9. The highest BCUT2D eigenvalue weighted by Crippen LogP contribution is 2.40. The smallest absolute Gasteiger partial charge is 0.410 e. The Balaban J connectivity index is 1.88. The predicted molar refractivity (Wildman–Crippen MR) is 78.5 cm³/mol. The summed E-state index contributed by atoms with van der Waals surface area (Å²) in [5.74, 6) is 0.0379. The van der Waals surface area contributed by atoms with E-state index in [0.717, 1.165) is 21.9 Å². The molecule has 4 nitrogen and oxygen atoms in total. The first kappa shape index (κ1) is 12.4. The van der Waals surface area contributed by atoms with Gasteiger partial charge in [0, 0.05) is 11.5 Å². The van der Waals surface area contributed by atoms with Crippen molar-refractivity contribution in [1.29, 1.82) is 0 Å². The second kappa shape index (κ2) is 4.32. The minimum Gasteiger partial charge on any atom is -0.448 e. The Kier molecular flexibility index (Phi) is 2.55. The minimum atomic E-state index is -0.430. The Bertz CT molecular complexity index is 768. The van der Waals surface area contributed by atoms with Gasteiger partial charge in [0.25, 0.3) is 0 Å². The number of fused-ring (bicyclic) bond motifs is 3. The number of ketones is 1. The molecule has 1 aliphatic carbocycles. The van der Waals surface area contributed by atoms with Gasteiger partial charge in [-0.1, -0.05) is 43.3 Å². The molecule has 2 atom stereocenters. The zero-order valence-corrected chi connectivity index (χ0v) is 11.7. The number of rotatable bonds is 1. The largest absolute Gasteiger partial charge is 0.448 e. The van der Waals surface area contributed by atoms with E-state index < -0.39 is 6.04 Å². The van der Waals surface area contributed by atoms with E-state index in [1.54, 1.807) is 4.90 Å². The van der Waals surface area contributed by atoms with Gasteiger partial charge in [-0.05, 0) is 16.3 Å². The molecule has 0 bridgehead atoms. The Morgan fingerprint density at radius 2 is 1.95 bits per heavy atom. The van der Waals surface area contributed by atoms with Crippen LogP contribution in [0.25, 0.3) is 10.8 Å². The third-order valence-corrected chi connectivity index (χ3v) is 4.57. The van der Waals surface area contributed by atoms with Gasteiger partial charge in [-0.15, -0.1) is 0 Å². The fraction of sp³-hybridized carbons (Fsp3) is 0.294. The van der Waals surface area contributed by atoms with Gasteiger partial charge in [-0.25, -0.2) is 4.79 Å². The van der Waals surface area contributed by atoms with Gasteiger partial charge < -0.3 is 4.74 Å². The average Bonchev–Trinajstić information content (AvgIpc) is 3.01. The van der Waals surface area contributed by atoms with Crippen molar-refractivity contribution in [3.8, 4) is 0 Å². The van der Waals surface area contributed by atoms with E-state index in [0.29, 0.717) is 13.2 Å². The van der Waals surface area contributed by atoms with Crippen LogP contribution >= 0.6 is 0 Å². The first-order valence-electron chi connectivity index (χ1n) is 7.18. The fourth-order valence-electron chi connectivity index (χ4n) is 3.56. The molecule has 0 N–H and O–H groups in total. The van der Waals surface area contributed by atoms with E-state index >= 15 is 0 Å². The molecule has 106 valence electrons. The molecule has 2 aromatic carbocycles. The standard InChI is InChI=1S/C17H15NO3/c1-10-12-7-6-11-4-2-3-5-13(11)14(12)16(19)15(10)18-8-9-21-17(18)20/h2-7,10,15H,8-9H2,1H3/t10-,15+/m1/s1. The lowest BCUT2D eigenvalue weighted by atomic mass is 9.97. The zero-order valence-electron chi connectivity index (χ0n) is 11.7. The van der Waals surface area contributed by atoms with Gasteiger partial charge in [0.1, 0.15) is 12.6 Å². The number of Topliss-reactive ketones (excluding diaryl/α,β-unsaturated/α-hetero) is 1. The Hall–Kier alpha value is -2.36. The molecule has 4 rings (SSSR count). The molecular weight excluding hydrogens is 266 g/mol. The number of carbonyl (C=O) groups excluding carboxylic acids is 2. The summed E-state index contributed by atoms with van der Waals surface area (Å²) in [5, 5.41) is 2.03. The van der Waals surface area contributed by atoms with Crippen LogP contribution in [0.3, 0.4) is 0 Å². The third kappa shape index (κ3) is 1.62. The van der Waals surface area contributed by atoms with Crippen molar-refractivity contribution < 1.29 is 14.3 Å². The van der Waals surface area contributed by atoms with Crippen LogP contribution < -0.4 is 0 Å². The summed E-state index contributed by atoms with van der Waals surface area (Å²) in [6.45, 7) is 2.87.